The van der Waals surface area contributed by atoms with Crippen LogP contribution in [0.2, 0.25) is 0 Å². The van der Waals surface area contributed by atoms with Gasteiger partial charge in [0.25, 0.3) is 5.69 Å². The molecule has 2 rings (SSSR count). The number of nitro groups is 1. The normalized spacial score (nSPS) is 10.7. The molecule has 0 aliphatic carbocycles. The molecule has 0 fully saturated rings. The molecular weight excluding hydrogens is 258 g/mol. The summed E-state index contributed by atoms with van der Waals surface area (Å²) < 4.78 is 0. The van der Waals surface area contributed by atoms with Crippen molar-refractivity contribution in [3.8, 4) is 5.75 Å². The number of hydrogen-bond acceptors (Lipinski definition) is 5. The molecule has 0 radical (unpaired) electrons. The quantitative estimate of drug-likeness (QED) is 0.484. The van der Waals surface area contributed by atoms with E-state index in [1.807, 2.05) is 30.3 Å². The third kappa shape index (κ3) is 3.11. The zero-order valence-corrected chi connectivity index (χ0v) is 10.8. The molecule has 0 aliphatic rings. The van der Waals surface area contributed by atoms with Crippen molar-refractivity contribution in [2.45, 2.75) is 0 Å². The Morgan fingerprint density at radius 1 is 1.20 bits per heavy atom. The lowest BCUT2D eigenvalue weighted by Gasteiger charge is -2.14. The number of hydrogen-bond donors (Lipinski definition) is 0. The van der Waals surface area contributed by atoms with Crippen LogP contribution in [0.25, 0.3) is 0 Å². The highest BCUT2D eigenvalue weighted by Crippen LogP contribution is 2.19. The molecule has 6 heteroatoms. The monoisotopic (exact) mass is 270 g/mol. The van der Waals surface area contributed by atoms with Gasteiger partial charge in [0.05, 0.1) is 16.8 Å². The van der Waals surface area contributed by atoms with E-state index in [0.29, 0.717) is 0 Å². The zero-order chi connectivity index (χ0) is 14.5. The molecule has 0 aromatic heterocycles. The van der Waals surface area contributed by atoms with E-state index in [9.17, 15) is 15.2 Å². The van der Waals surface area contributed by atoms with Crippen molar-refractivity contribution < 1.29 is 10.0 Å². The lowest BCUT2D eigenvalue weighted by Crippen LogP contribution is -2.09. The maximum absolute atomic E-state index is 11.6. The van der Waals surface area contributed by atoms with Crippen LogP contribution >= 0.6 is 0 Å². The van der Waals surface area contributed by atoms with Crippen molar-refractivity contribution in [1.82, 2.24) is 0 Å². The number of hydrazone groups is 1. The van der Waals surface area contributed by atoms with Crippen LogP contribution in [0.15, 0.2) is 53.6 Å². The number of rotatable bonds is 4. The standard InChI is InChI=1S/C14H13N3O3/c1-16(12-5-3-2-4-6-12)15-10-11-9-13(17(19)20)7-8-14(11)18/h2-10,18H,1H3/p-1/b15-10-. The molecule has 2 aromatic carbocycles. The van der Waals surface area contributed by atoms with E-state index in [0.717, 1.165) is 5.69 Å². The minimum Gasteiger partial charge on any atom is -0.872 e. The average molecular weight is 270 g/mol. The Balaban J connectivity index is 2.23. The molecule has 0 saturated carbocycles. The molecule has 0 saturated heterocycles. The van der Waals surface area contributed by atoms with Gasteiger partial charge in [-0.25, -0.2) is 0 Å². The Kier molecular flexibility index (Phi) is 3.95. The summed E-state index contributed by atoms with van der Waals surface area (Å²) in [5.41, 5.74) is 0.900. The molecule has 0 atom stereocenters. The van der Waals surface area contributed by atoms with Crippen molar-refractivity contribution in [3.05, 3.63) is 64.2 Å². The summed E-state index contributed by atoms with van der Waals surface area (Å²) in [7, 11) is 1.73. The second kappa shape index (κ2) is 5.83. The van der Waals surface area contributed by atoms with E-state index in [4.69, 9.17) is 0 Å². The highest BCUT2D eigenvalue weighted by atomic mass is 16.6. The number of nitrogens with zero attached hydrogens (tertiary/aromatic N) is 3. The number of anilines is 1. The van der Waals surface area contributed by atoms with Gasteiger partial charge < -0.3 is 5.11 Å². The SMILES string of the molecule is CN(/N=C\c1cc([N+](=O)[O-])ccc1[O-])c1ccccc1. The Labute approximate surface area is 115 Å². The fraction of sp³-hybridized carbons (Fsp3) is 0.0714. The van der Waals surface area contributed by atoms with Gasteiger partial charge in [0.15, 0.2) is 0 Å². The second-order valence-electron chi connectivity index (χ2n) is 4.08. The molecular formula is C14H12N3O3-. The van der Waals surface area contributed by atoms with Crippen molar-refractivity contribution in [2.24, 2.45) is 5.10 Å². The fourth-order valence-electron chi connectivity index (χ4n) is 1.61. The molecule has 0 aliphatic heterocycles. The topological polar surface area (TPSA) is 81.8 Å². The van der Waals surface area contributed by atoms with Gasteiger partial charge >= 0.3 is 0 Å². The molecule has 0 N–H and O–H groups in total. The summed E-state index contributed by atoms with van der Waals surface area (Å²) in [5, 5.41) is 28.0. The van der Waals surface area contributed by atoms with Crippen LogP contribution in [0, 0.1) is 10.1 Å². The summed E-state index contributed by atoms with van der Waals surface area (Å²) in [5.74, 6) is -0.305. The largest absolute Gasteiger partial charge is 0.872 e. The van der Waals surface area contributed by atoms with Crippen molar-refractivity contribution in [3.63, 3.8) is 0 Å². The third-order valence-electron chi connectivity index (χ3n) is 2.70. The van der Waals surface area contributed by atoms with Crippen LogP contribution in [0.3, 0.4) is 0 Å². The first-order valence-electron chi connectivity index (χ1n) is 5.86. The Bertz CT molecular complexity index is 641. The highest BCUT2D eigenvalue weighted by Gasteiger charge is 2.05. The molecule has 0 amide bonds. The molecule has 0 heterocycles. The van der Waals surface area contributed by atoms with Gasteiger partial charge in [0.1, 0.15) is 0 Å². The summed E-state index contributed by atoms with van der Waals surface area (Å²) in [6, 6.07) is 12.9. The number of non-ortho nitro benzene ring substituents is 1. The number of benzene rings is 2. The third-order valence-corrected chi connectivity index (χ3v) is 2.70. The molecule has 6 nitrogen and oxygen atoms in total. The van der Waals surface area contributed by atoms with E-state index < -0.39 is 4.92 Å². The van der Waals surface area contributed by atoms with Gasteiger partial charge in [-0.15, -0.1) is 0 Å². The van der Waals surface area contributed by atoms with Crippen LogP contribution in [0.4, 0.5) is 11.4 Å². The maximum atomic E-state index is 11.6. The minimum atomic E-state index is -0.544. The Hall–Kier alpha value is -2.89. The van der Waals surface area contributed by atoms with Crippen molar-refractivity contribution >= 4 is 17.6 Å². The number of nitro benzene ring substituents is 1. The van der Waals surface area contributed by atoms with Gasteiger partial charge in [-0.2, -0.15) is 5.10 Å². The highest BCUT2D eigenvalue weighted by molar-refractivity contribution is 5.84. The fourth-order valence-corrected chi connectivity index (χ4v) is 1.61. The van der Waals surface area contributed by atoms with Gasteiger partial charge in [-0.05, 0) is 17.7 Å². The molecule has 0 spiro atoms. The first kappa shape index (κ1) is 13.5. The van der Waals surface area contributed by atoms with Gasteiger partial charge in [-0.3, -0.25) is 15.1 Å². The smallest absolute Gasteiger partial charge is 0.270 e. The Morgan fingerprint density at radius 2 is 1.90 bits per heavy atom. The van der Waals surface area contributed by atoms with E-state index in [-0.39, 0.29) is 17.0 Å². The molecule has 102 valence electrons. The summed E-state index contributed by atoms with van der Waals surface area (Å²) in [6.45, 7) is 0. The lowest BCUT2D eigenvalue weighted by atomic mass is 10.2. The van der Waals surface area contributed by atoms with Crippen molar-refractivity contribution in [2.75, 3.05) is 12.1 Å². The van der Waals surface area contributed by atoms with Gasteiger partial charge in [-0.1, -0.05) is 30.0 Å². The summed E-state index contributed by atoms with van der Waals surface area (Å²) in [4.78, 5) is 10.1. The molecule has 2 aromatic rings. The lowest BCUT2D eigenvalue weighted by molar-refractivity contribution is -0.385. The van der Waals surface area contributed by atoms with Crippen LogP contribution < -0.4 is 10.1 Å². The van der Waals surface area contributed by atoms with Crippen LogP contribution in [0.5, 0.6) is 5.75 Å². The van der Waals surface area contributed by atoms with Crippen molar-refractivity contribution in [1.29, 1.82) is 0 Å². The molecule has 20 heavy (non-hydrogen) atoms. The minimum absolute atomic E-state index is 0.131. The van der Waals surface area contributed by atoms with Crippen LogP contribution in [-0.2, 0) is 0 Å². The average Bonchev–Trinajstić information content (AvgIpc) is 2.46. The van der Waals surface area contributed by atoms with Gasteiger partial charge in [0, 0.05) is 19.2 Å². The molecule has 0 bridgehead atoms. The first-order valence-corrected chi connectivity index (χ1v) is 5.86. The zero-order valence-electron chi connectivity index (χ0n) is 10.8. The van der Waals surface area contributed by atoms with E-state index in [1.54, 1.807) is 12.1 Å². The predicted molar refractivity (Wildman–Crippen MR) is 75.0 cm³/mol. The van der Waals surface area contributed by atoms with E-state index in [2.05, 4.69) is 5.10 Å². The number of para-hydroxylation sites is 1. The first-order chi connectivity index (χ1) is 9.58. The van der Waals surface area contributed by atoms with E-state index in [1.165, 1.54) is 24.4 Å². The van der Waals surface area contributed by atoms with E-state index >= 15 is 0 Å². The summed E-state index contributed by atoms with van der Waals surface area (Å²) >= 11 is 0. The summed E-state index contributed by atoms with van der Waals surface area (Å²) in [6.07, 6.45) is 1.32. The Morgan fingerprint density at radius 3 is 2.55 bits per heavy atom. The van der Waals surface area contributed by atoms with Crippen LogP contribution in [-0.4, -0.2) is 18.2 Å². The van der Waals surface area contributed by atoms with Gasteiger partial charge in [0.2, 0.25) is 0 Å². The maximum Gasteiger partial charge on any atom is 0.270 e. The van der Waals surface area contributed by atoms with Crippen LogP contribution in [0.1, 0.15) is 5.56 Å². The predicted octanol–water partition coefficient (Wildman–Crippen LogP) is 2.14. The second-order valence-corrected chi connectivity index (χ2v) is 4.08. The molecule has 0 unspecified atom stereocenters.